The molecular formula is C19H22N4O4S. The van der Waals surface area contributed by atoms with E-state index in [0.29, 0.717) is 11.3 Å². The number of carbonyl (C=O) groups is 1. The molecule has 1 N–H and O–H groups in total. The standard InChI is InChI=1S/C19H22N4O4S/c1-13(2)11-23(12-18(24)21-17-10-14(3)27-22-17)28(25,26)16-8-4-6-15-7-5-9-20-19(15)16/h4-10,13H,11-12H2,1-3H3,(H,21,22,24). The van der Waals surface area contributed by atoms with Crippen LogP contribution in [0.4, 0.5) is 5.82 Å². The van der Waals surface area contributed by atoms with Crippen LogP contribution in [0.15, 0.2) is 52.0 Å². The molecule has 0 aliphatic carbocycles. The summed E-state index contributed by atoms with van der Waals surface area (Å²) in [5, 5.41) is 6.98. The van der Waals surface area contributed by atoms with Gasteiger partial charge in [0.25, 0.3) is 0 Å². The number of hydrogen-bond donors (Lipinski definition) is 1. The average molecular weight is 402 g/mol. The number of hydrogen-bond acceptors (Lipinski definition) is 6. The summed E-state index contributed by atoms with van der Waals surface area (Å²) in [5.74, 6) is 0.325. The van der Waals surface area contributed by atoms with Gasteiger partial charge in [0, 0.05) is 24.2 Å². The van der Waals surface area contributed by atoms with Crippen LogP contribution in [-0.4, -0.2) is 41.9 Å². The number of aromatic nitrogens is 2. The van der Waals surface area contributed by atoms with Crippen LogP contribution in [0.2, 0.25) is 0 Å². The monoisotopic (exact) mass is 402 g/mol. The fourth-order valence-corrected chi connectivity index (χ4v) is 4.57. The van der Waals surface area contributed by atoms with Crippen molar-refractivity contribution < 1.29 is 17.7 Å². The van der Waals surface area contributed by atoms with Crippen molar-refractivity contribution in [2.45, 2.75) is 25.7 Å². The number of nitrogens with zero attached hydrogens (tertiary/aromatic N) is 3. The van der Waals surface area contributed by atoms with Gasteiger partial charge < -0.3 is 9.84 Å². The number of sulfonamides is 1. The van der Waals surface area contributed by atoms with E-state index in [1.165, 1.54) is 10.4 Å². The summed E-state index contributed by atoms with van der Waals surface area (Å²) >= 11 is 0. The Morgan fingerprint density at radius 3 is 2.68 bits per heavy atom. The van der Waals surface area contributed by atoms with Gasteiger partial charge in [-0.25, -0.2) is 8.42 Å². The minimum atomic E-state index is -3.94. The van der Waals surface area contributed by atoms with Gasteiger partial charge in [0.15, 0.2) is 5.82 Å². The van der Waals surface area contributed by atoms with E-state index in [1.54, 1.807) is 43.5 Å². The summed E-state index contributed by atoms with van der Waals surface area (Å²) in [6.07, 6.45) is 1.55. The first-order valence-electron chi connectivity index (χ1n) is 8.84. The molecule has 2 aromatic heterocycles. The van der Waals surface area contributed by atoms with Crippen molar-refractivity contribution in [1.29, 1.82) is 0 Å². The van der Waals surface area contributed by atoms with Gasteiger partial charge in [0.05, 0.1) is 12.1 Å². The van der Waals surface area contributed by atoms with Gasteiger partial charge in [0.1, 0.15) is 10.7 Å². The second-order valence-corrected chi connectivity index (χ2v) is 8.80. The molecule has 2 heterocycles. The number of carbonyl (C=O) groups excluding carboxylic acids is 1. The van der Waals surface area contributed by atoms with Crippen LogP contribution >= 0.6 is 0 Å². The van der Waals surface area contributed by atoms with Gasteiger partial charge in [-0.15, -0.1) is 0 Å². The number of rotatable bonds is 7. The summed E-state index contributed by atoms with van der Waals surface area (Å²) in [5.41, 5.74) is 0.381. The molecule has 0 bridgehead atoms. The molecule has 0 saturated heterocycles. The van der Waals surface area contributed by atoms with Crippen molar-refractivity contribution >= 4 is 32.7 Å². The van der Waals surface area contributed by atoms with Crippen LogP contribution in [-0.2, 0) is 14.8 Å². The zero-order chi connectivity index (χ0) is 20.3. The molecule has 9 heteroatoms. The lowest BCUT2D eigenvalue weighted by molar-refractivity contribution is -0.116. The SMILES string of the molecule is Cc1cc(NC(=O)CN(CC(C)C)S(=O)(=O)c2cccc3cccnc23)no1. The molecule has 0 unspecified atom stereocenters. The van der Waals surface area contributed by atoms with Crippen molar-refractivity contribution in [2.75, 3.05) is 18.4 Å². The molecule has 0 spiro atoms. The van der Waals surface area contributed by atoms with Crippen LogP contribution in [0.1, 0.15) is 19.6 Å². The number of para-hydroxylation sites is 1. The molecule has 0 aliphatic rings. The van der Waals surface area contributed by atoms with Crippen LogP contribution < -0.4 is 5.32 Å². The maximum atomic E-state index is 13.3. The topological polar surface area (TPSA) is 105 Å². The quantitative estimate of drug-likeness (QED) is 0.651. The summed E-state index contributed by atoms with van der Waals surface area (Å²) in [6.45, 7) is 5.34. The number of nitrogens with one attached hydrogen (secondary N) is 1. The van der Waals surface area contributed by atoms with E-state index < -0.39 is 15.9 Å². The van der Waals surface area contributed by atoms with E-state index >= 15 is 0 Å². The second kappa shape index (κ2) is 8.07. The van der Waals surface area contributed by atoms with E-state index in [4.69, 9.17) is 4.52 Å². The van der Waals surface area contributed by atoms with Crippen molar-refractivity contribution in [3.63, 3.8) is 0 Å². The van der Waals surface area contributed by atoms with Gasteiger partial charge in [-0.05, 0) is 25.0 Å². The molecule has 1 aromatic carbocycles. The smallest absolute Gasteiger partial charge is 0.245 e. The molecule has 0 aliphatic heterocycles. The number of aryl methyl sites for hydroxylation is 1. The Morgan fingerprint density at radius 2 is 2.00 bits per heavy atom. The van der Waals surface area contributed by atoms with Crippen molar-refractivity contribution in [3.8, 4) is 0 Å². The molecular weight excluding hydrogens is 380 g/mol. The normalized spacial score (nSPS) is 12.0. The third-order valence-corrected chi connectivity index (χ3v) is 5.84. The van der Waals surface area contributed by atoms with Crippen LogP contribution in [0.5, 0.6) is 0 Å². The highest BCUT2D eigenvalue weighted by atomic mass is 32.2. The summed E-state index contributed by atoms with van der Waals surface area (Å²) in [6, 6.07) is 10.1. The minimum absolute atomic E-state index is 0.0276. The van der Waals surface area contributed by atoms with E-state index in [0.717, 1.165) is 5.39 Å². The zero-order valence-corrected chi connectivity index (χ0v) is 16.7. The maximum Gasteiger partial charge on any atom is 0.245 e. The van der Waals surface area contributed by atoms with Gasteiger partial charge >= 0.3 is 0 Å². The first kappa shape index (κ1) is 20.0. The largest absolute Gasteiger partial charge is 0.360 e. The third-order valence-electron chi connectivity index (χ3n) is 4.00. The number of anilines is 1. The van der Waals surface area contributed by atoms with Crippen molar-refractivity contribution in [3.05, 3.63) is 48.4 Å². The van der Waals surface area contributed by atoms with E-state index in [1.807, 2.05) is 13.8 Å². The second-order valence-electron chi connectivity index (χ2n) is 6.89. The highest BCUT2D eigenvalue weighted by molar-refractivity contribution is 7.89. The van der Waals surface area contributed by atoms with E-state index in [2.05, 4.69) is 15.5 Å². The zero-order valence-electron chi connectivity index (χ0n) is 15.9. The fraction of sp³-hybridized carbons (Fsp3) is 0.316. The Kier molecular flexibility index (Phi) is 5.76. The van der Waals surface area contributed by atoms with E-state index in [-0.39, 0.29) is 29.7 Å². The number of fused-ring (bicyclic) bond motifs is 1. The first-order chi connectivity index (χ1) is 13.3. The summed E-state index contributed by atoms with van der Waals surface area (Å²) in [4.78, 5) is 16.8. The van der Waals surface area contributed by atoms with Crippen LogP contribution in [0.25, 0.3) is 10.9 Å². The molecule has 0 saturated carbocycles. The van der Waals surface area contributed by atoms with Gasteiger partial charge in [-0.1, -0.05) is 37.2 Å². The molecule has 28 heavy (non-hydrogen) atoms. The maximum absolute atomic E-state index is 13.3. The molecule has 3 aromatic rings. The predicted octanol–water partition coefficient (Wildman–Crippen LogP) is 2.82. The Hall–Kier alpha value is -2.78. The van der Waals surface area contributed by atoms with Gasteiger partial charge in [0.2, 0.25) is 15.9 Å². The molecule has 0 atom stereocenters. The molecule has 0 radical (unpaired) electrons. The Balaban J connectivity index is 1.92. The Bertz CT molecular complexity index is 1090. The molecule has 0 fully saturated rings. The molecule has 3 rings (SSSR count). The van der Waals surface area contributed by atoms with Crippen LogP contribution in [0, 0.1) is 12.8 Å². The predicted molar refractivity (Wildman–Crippen MR) is 105 cm³/mol. The number of benzene rings is 1. The summed E-state index contributed by atoms with van der Waals surface area (Å²) in [7, 11) is -3.94. The third kappa shape index (κ3) is 4.37. The molecule has 8 nitrogen and oxygen atoms in total. The van der Waals surface area contributed by atoms with Gasteiger partial charge in [-0.2, -0.15) is 4.31 Å². The molecule has 148 valence electrons. The average Bonchev–Trinajstić information content (AvgIpc) is 3.04. The lowest BCUT2D eigenvalue weighted by Gasteiger charge is -2.23. The highest BCUT2D eigenvalue weighted by Gasteiger charge is 2.29. The number of amides is 1. The number of pyridine rings is 1. The molecule has 1 amide bonds. The lowest BCUT2D eigenvalue weighted by Crippen LogP contribution is -2.40. The van der Waals surface area contributed by atoms with Crippen LogP contribution in [0.3, 0.4) is 0 Å². The lowest BCUT2D eigenvalue weighted by atomic mass is 10.2. The van der Waals surface area contributed by atoms with Crippen molar-refractivity contribution in [1.82, 2.24) is 14.4 Å². The minimum Gasteiger partial charge on any atom is -0.360 e. The van der Waals surface area contributed by atoms with Crippen molar-refractivity contribution in [2.24, 2.45) is 5.92 Å². The van der Waals surface area contributed by atoms with E-state index in [9.17, 15) is 13.2 Å². The van der Waals surface area contributed by atoms with Gasteiger partial charge in [-0.3, -0.25) is 9.78 Å². The highest BCUT2D eigenvalue weighted by Crippen LogP contribution is 2.24. The summed E-state index contributed by atoms with van der Waals surface area (Å²) < 4.78 is 32.8. The Morgan fingerprint density at radius 1 is 1.25 bits per heavy atom. The first-order valence-corrected chi connectivity index (χ1v) is 10.3. The fourth-order valence-electron chi connectivity index (χ4n) is 2.85. The Labute approximate surface area is 163 Å².